The molecule has 0 bridgehead atoms. The van der Waals surface area contributed by atoms with Gasteiger partial charge in [0.1, 0.15) is 0 Å². The second-order valence-electron chi connectivity index (χ2n) is 11.0. The molecule has 39 heavy (non-hydrogen) atoms. The van der Waals surface area contributed by atoms with Crippen LogP contribution in [0.3, 0.4) is 0 Å². The fourth-order valence-corrected chi connectivity index (χ4v) is 24.4. The summed E-state index contributed by atoms with van der Waals surface area (Å²) >= 11 is -4.64. The molecule has 0 N–H and O–H groups in total. The fraction of sp³-hybridized carbons (Fsp3) is 0.200. The van der Waals surface area contributed by atoms with E-state index in [1.807, 2.05) is 0 Å². The van der Waals surface area contributed by atoms with E-state index in [0.29, 0.717) is 0 Å². The summed E-state index contributed by atoms with van der Waals surface area (Å²) in [6.45, 7) is 4.50. The molecule has 4 aromatic rings. The number of benzene rings is 4. The first kappa shape index (κ1) is 28.9. The van der Waals surface area contributed by atoms with Crippen molar-refractivity contribution in [1.82, 2.24) is 0 Å². The Labute approximate surface area is 252 Å². The van der Waals surface area contributed by atoms with Crippen LogP contribution in [0.1, 0.15) is 56.2 Å². The Balaban J connectivity index is 0.00000308. The van der Waals surface area contributed by atoms with Gasteiger partial charge in [-0.3, -0.25) is 0 Å². The molecule has 2 aliphatic carbocycles. The van der Waals surface area contributed by atoms with Crippen LogP contribution in [-0.2, 0) is 16.4 Å². The Morgan fingerprint density at radius 1 is 0.564 bits per heavy atom. The van der Waals surface area contributed by atoms with Crippen LogP contribution in [-0.4, -0.2) is 17.4 Å². The summed E-state index contributed by atoms with van der Waals surface area (Å²) in [5, 5.41) is 0. The molecule has 0 heterocycles. The van der Waals surface area contributed by atoms with Crippen molar-refractivity contribution in [3.63, 3.8) is 0 Å². The quantitative estimate of drug-likeness (QED) is 0.183. The minimum absolute atomic E-state index is 0. The van der Waals surface area contributed by atoms with Gasteiger partial charge in [-0.2, -0.15) is 0 Å². The summed E-state index contributed by atoms with van der Waals surface area (Å²) in [5.74, 6) is 0. The standard InChI is InChI=1S/2C17H15.CH3.Al.2ClH.Zr.3H/c2*1-2-13-11-15-9-6-10-16(17(15)12-13)14-7-4-3-5-8-14;;;;;;;;/h2*3-12H,2H2,1H3;1H3;;2*1H;;;;/q;;;;;;+2;;;/p-2. The molecule has 197 valence electrons. The van der Waals surface area contributed by atoms with Crippen molar-refractivity contribution in [2.24, 2.45) is 0 Å². The third kappa shape index (κ3) is 4.82. The Morgan fingerprint density at radius 2 is 0.949 bits per heavy atom. The first-order valence-corrected chi connectivity index (χ1v) is 25.3. The average Bonchev–Trinajstić information content (AvgIpc) is 3.53. The van der Waals surface area contributed by atoms with Gasteiger partial charge >= 0.3 is 237 Å². The van der Waals surface area contributed by atoms with Crippen molar-refractivity contribution in [2.75, 3.05) is 0 Å². The Morgan fingerprint density at radius 3 is 1.31 bits per heavy atom. The van der Waals surface area contributed by atoms with E-state index in [9.17, 15) is 0 Å². The second kappa shape index (κ2) is 11.0. The maximum atomic E-state index is 8.10. The first-order valence-electron chi connectivity index (χ1n) is 13.7. The first-order chi connectivity index (χ1) is 18.3. The van der Waals surface area contributed by atoms with Crippen molar-refractivity contribution in [3.05, 3.63) is 130 Å². The molecular formula is C35H36AlCl2Zr. The zero-order valence-electron chi connectivity index (χ0n) is 22.2. The van der Waals surface area contributed by atoms with E-state index >= 15 is 0 Å². The summed E-state index contributed by atoms with van der Waals surface area (Å²) in [7, 11) is 16.2. The van der Waals surface area contributed by atoms with E-state index in [4.69, 9.17) is 17.0 Å². The van der Waals surface area contributed by atoms with Gasteiger partial charge in [0.2, 0.25) is 0 Å². The van der Waals surface area contributed by atoms with Crippen molar-refractivity contribution < 1.29 is 16.4 Å². The van der Waals surface area contributed by atoms with Gasteiger partial charge in [0.05, 0.1) is 0 Å². The number of fused-ring (bicyclic) bond motifs is 2. The van der Waals surface area contributed by atoms with Gasteiger partial charge in [0.25, 0.3) is 0 Å². The van der Waals surface area contributed by atoms with Gasteiger partial charge in [0, 0.05) is 0 Å². The zero-order chi connectivity index (χ0) is 26.5. The molecule has 0 radical (unpaired) electrons. The van der Waals surface area contributed by atoms with Crippen LogP contribution in [0.2, 0.25) is 4.63 Å². The van der Waals surface area contributed by atoms with Crippen LogP contribution < -0.4 is 0 Å². The molecule has 2 aliphatic rings. The van der Waals surface area contributed by atoms with Crippen LogP contribution in [0.5, 0.6) is 0 Å². The normalized spacial score (nSPS) is 18.7. The Bertz CT molecular complexity index is 1460. The van der Waals surface area contributed by atoms with Gasteiger partial charge in [-0.15, -0.1) is 0 Å². The molecule has 0 saturated carbocycles. The zero-order valence-corrected chi connectivity index (χ0v) is 26.2. The summed E-state index contributed by atoms with van der Waals surface area (Å²) < 4.78 is 2.44. The molecule has 0 amide bonds. The molecule has 0 aliphatic heterocycles. The van der Waals surface area contributed by atoms with Crippen LogP contribution >= 0.6 is 17.0 Å². The molecule has 0 fully saturated rings. The topological polar surface area (TPSA) is 0 Å². The molecule has 0 spiro atoms. The smallest absolute Gasteiger partial charge is 0.187 e. The molecule has 6 rings (SSSR count). The molecule has 2 atom stereocenters. The summed E-state index contributed by atoms with van der Waals surface area (Å²) in [4.78, 5) is 0. The molecule has 0 aromatic heterocycles. The summed E-state index contributed by atoms with van der Waals surface area (Å²) in [5.41, 5.74) is 13.0. The van der Waals surface area contributed by atoms with Gasteiger partial charge < -0.3 is 0 Å². The van der Waals surface area contributed by atoms with E-state index in [-0.39, 0.29) is 24.6 Å². The van der Waals surface area contributed by atoms with Crippen molar-refractivity contribution in [3.8, 4) is 22.3 Å². The van der Waals surface area contributed by atoms with Crippen molar-refractivity contribution >= 4 is 46.5 Å². The van der Waals surface area contributed by atoms with E-state index in [2.05, 4.69) is 128 Å². The molecular weight excluding hydrogens is 609 g/mol. The largest absolute Gasteiger partial charge is 0.187 e. The summed E-state index contributed by atoms with van der Waals surface area (Å²) in [6.07, 6.45) is 6.68. The number of hydrogen-bond donors (Lipinski definition) is 0. The van der Waals surface area contributed by atoms with Crippen LogP contribution in [0, 0.1) is 0 Å². The molecule has 0 nitrogen and oxygen atoms in total. The number of rotatable bonds is 6. The van der Waals surface area contributed by atoms with Gasteiger partial charge in [-0.05, 0) is 0 Å². The number of halogens is 2. The fourth-order valence-electron chi connectivity index (χ4n) is 7.04. The second-order valence-corrected chi connectivity index (χ2v) is 34.9. The Hall–Kier alpha value is -1.64. The minimum atomic E-state index is -4.64. The van der Waals surface area contributed by atoms with Gasteiger partial charge in [-0.1, -0.05) is 0 Å². The van der Waals surface area contributed by atoms with Crippen molar-refractivity contribution in [2.45, 2.75) is 38.6 Å². The number of allylic oxidation sites excluding steroid dienone is 2. The predicted octanol–water partition coefficient (Wildman–Crippen LogP) is 10.3. The van der Waals surface area contributed by atoms with E-state index < -0.39 is 16.4 Å². The minimum Gasteiger partial charge on any atom is 0.187 e. The SMILES string of the molecule is CCC1=Cc2c(-c3ccccc3)cccc2[CH]1[Zr]([CH3])([Cl])([Cl])[CH]1C(CC)=Cc2c(-c3ccccc3)cccc21.[AlH3]. The maximum absolute atomic E-state index is 8.10. The molecule has 4 heteroatoms. The van der Waals surface area contributed by atoms with E-state index in [0.717, 1.165) is 12.8 Å². The van der Waals surface area contributed by atoms with Gasteiger partial charge in [-0.25, -0.2) is 0 Å². The maximum Gasteiger partial charge on any atom is 0.187 e. The van der Waals surface area contributed by atoms with Crippen LogP contribution in [0.4, 0.5) is 0 Å². The molecule has 4 aromatic carbocycles. The number of hydrogen-bond acceptors (Lipinski definition) is 0. The van der Waals surface area contributed by atoms with E-state index in [1.54, 1.807) is 0 Å². The average molecular weight is 646 g/mol. The molecule has 2 unspecified atom stereocenters. The third-order valence-electron chi connectivity index (χ3n) is 8.64. The van der Waals surface area contributed by atoms with Crippen LogP contribution in [0.25, 0.3) is 34.4 Å². The van der Waals surface area contributed by atoms with Gasteiger partial charge in [0.15, 0.2) is 17.4 Å². The predicted molar refractivity (Wildman–Crippen MR) is 173 cm³/mol. The monoisotopic (exact) mass is 643 g/mol. The Kier molecular flexibility index (Phi) is 8.12. The van der Waals surface area contributed by atoms with E-state index in [1.165, 1.54) is 55.7 Å². The summed E-state index contributed by atoms with van der Waals surface area (Å²) in [6, 6.07) is 34.7. The molecule has 0 saturated heterocycles. The third-order valence-corrected chi connectivity index (χ3v) is 23.8. The van der Waals surface area contributed by atoms with Crippen LogP contribution in [0.15, 0.2) is 108 Å². The van der Waals surface area contributed by atoms with Crippen molar-refractivity contribution in [1.29, 1.82) is 0 Å².